The van der Waals surface area contributed by atoms with E-state index >= 15 is 0 Å². The standard InChI is InChI=1S/C9H17N3O/c1-2-12-6-8(13)11-9(12)4-3-5-10-7-9/h10H,2-7H2,1H3,(H,11,13). The van der Waals surface area contributed by atoms with Crippen molar-refractivity contribution in [3.8, 4) is 0 Å². The molecule has 1 spiro atoms. The molecule has 74 valence electrons. The fourth-order valence-corrected chi connectivity index (χ4v) is 2.38. The van der Waals surface area contributed by atoms with E-state index in [0.29, 0.717) is 6.54 Å². The molecular weight excluding hydrogens is 166 g/mol. The Balaban J connectivity index is 2.13. The Bertz CT molecular complexity index is 211. The zero-order chi connectivity index (χ0) is 9.31. The summed E-state index contributed by atoms with van der Waals surface area (Å²) in [5.74, 6) is 0.172. The second kappa shape index (κ2) is 3.27. The van der Waals surface area contributed by atoms with Crippen LogP contribution in [0.3, 0.4) is 0 Å². The summed E-state index contributed by atoms with van der Waals surface area (Å²) in [6.07, 6.45) is 2.23. The van der Waals surface area contributed by atoms with Crippen molar-refractivity contribution in [2.45, 2.75) is 25.4 Å². The van der Waals surface area contributed by atoms with E-state index in [1.165, 1.54) is 0 Å². The molecule has 2 aliphatic heterocycles. The Hall–Kier alpha value is -0.610. The van der Waals surface area contributed by atoms with Crippen molar-refractivity contribution >= 4 is 5.91 Å². The van der Waals surface area contributed by atoms with E-state index in [2.05, 4.69) is 22.5 Å². The minimum absolute atomic E-state index is 0.0654. The van der Waals surface area contributed by atoms with Crippen molar-refractivity contribution in [1.82, 2.24) is 15.5 Å². The van der Waals surface area contributed by atoms with E-state index in [-0.39, 0.29) is 11.6 Å². The van der Waals surface area contributed by atoms with Gasteiger partial charge in [0.15, 0.2) is 0 Å². The number of hydrogen-bond acceptors (Lipinski definition) is 3. The Kier molecular flexibility index (Phi) is 2.26. The quantitative estimate of drug-likeness (QED) is 0.577. The molecule has 13 heavy (non-hydrogen) atoms. The number of amides is 1. The number of nitrogens with zero attached hydrogens (tertiary/aromatic N) is 1. The lowest BCUT2D eigenvalue weighted by Gasteiger charge is -2.40. The molecule has 2 fully saturated rings. The van der Waals surface area contributed by atoms with Gasteiger partial charge in [0.05, 0.1) is 6.54 Å². The van der Waals surface area contributed by atoms with Crippen LogP contribution in [0.2, 0.25) is 0 Å². The molecule has 0 aliphatic carbocycles. The average Bonchev–Trinajstić information content (AvgIpc) is 2.43. The van der Waals surface area contributed by atoms with Gasteiger partial charge in [0, 0.05) is 6.54 Å². The summed E-state index contributed by atoms with van der Waals surface area (Å²) < 4.78 is 0. The van der Waals surface area contributed by atoms with Crippen LogP contribution in [-0.2, 0) is 4.79 Å². The maximum Gasteiger partial charge on any atom is 0.235 e. The summed E-state index contributed by atoms with van der Waals surface area (Å²) in [6.45, 7) is 5.59. The minimum Gasteiger partial charge on any atom is -0.336 e. The van der Waals surface area contributed by atoms with Crippen molar-refractivity contribution < 1.29 is 4.79 Å². The van der Waals surface area contributed by atoms with Crippen LogP contribution in [-0.4, -0.2) is 42.6 Å². The number of likely N-dealkylation sites (N-methyl/N-ethyl adjacent to an activating group) is 1. The van der Waals surface area contributed by atoms with Crippen LogP contribution >= 0.6 is 0 Å². The van der Waals surface area contributed by atoms with E-state index in [1.54, 1.807) is 0 Å². The van der Waals surface area contributed by atoms with Crippen LogP contribution in [0.4, 0.5) is 0 Å². The summed E-state index contributed by atoms with van der Waals surface area (Å²) in [5, 5.41) is 6.44. The van der Waals surface area contributed by atoms with Crippen molar-refractivity contribution in [3.63, 3.8) is 0 Å². The lowest BCUT2D eigenvalue weighted by atomic mass is 9.99. The van der Waals surface area contributed by atoms with Crippen LogP contribution in [0.25, 0.3) is 0 Å². The van der Waals surface area contributed by atoms with Crippen LogP contribution in [0.5, 0.6) is 0 Å². The van der Waals surface area contributed by atoms with Gasteiger partial charge in [0.2, 0.25) is 5.91 Å². The smallest absolute Gasteiger partial charge is 0.235 e. The third-order valence-electron chi connectivity index (χ3n) is 3.05. The first-order valence-corrected chi connectivity index (χ1v) is 5.04. The largest absolute Gasteiger partial charge is 0.336 e. The molecule has 0 bridgehead atoms. The van der Waals surface area contributed by atoms with E-state index in [9.17, 15) is 4.79 Å². The molecular formula is C9H17N3O. The normalized spacial score (nSPS) is 35.3. The SMILES string of the molecule is CCN1CC(=O)NC12CCCNC2. The van der Waals surface area contributed by atoms with Gasteiger partial charge < -0.3 is 10.6 Å². The van der Waals surface area contributed by atoms with Crippen LogP contribution in [0, 0.1) is 0 Å². The molecule has 0 radical (unpaired) electrons. The van der Waals surface area contributed by atoms with Gasteiger partial charge in [0.1, 0.15) is 5.66 Å². The number of hydrogen-bond donors (Lipinski definition) is 2. The molecule has 4 heteroatoms. The number of rotatable bonds is 1. The molecule has 0 aromatic rings. The topological polar surface area (TPSA) is 44.4 Å². The Morgan fingerprint density at radius 3 is 3.08 bits per heavy atom. The minimum atomic E-state index is -0.0654. The van der Waals surface area contributed by atoms with Gasteiger partial charge in [0.25, 0.3) is 0 Å². The van der Waals surface area contributed by atoms with Gasteiger partial charge in [-0.25, -0.2) is 0 Å². The molecule has 0 aromatic heterocycles. The first-order chi connectivity index (χ1) is 6.27. The van der Waals surface area contributed by atoms with Gasteiger partial charge in [-0.3, -0.25) is 9.69 Å². The maximum absolute atomic E-state index is 11.3. The molecule has 2 N–H and O–H groups in total. The van der Waals surface area contributed by atoms with E-state index < -0.39 is 0 Å². The highest BCUT2D eigenvalue weighted by molar-refractivity contribution is 5.81. The second-order valence-electron chi connectivity index (χ2n) is 3.87. The molecule has 0 aromatic carbocycles. The van der Waals surface area contributed by atoms with Crippen molar-refractivity contribution in [1.29, 1.82) is 0 Å². The summed E-state index contributed by atoms with van der Waals surface area (Å²) in [6, 6.07) is 0. The van der Waals surface area contributed by atoms with Crippen LogP contribution in [0.15, 0.2) is 0 Å². The molecule has 2 aliphatic rings. The van der Waals surface area contributed by atoms with Crippen LogP contribution in [0.1, 0.15) is 19.8 Å². The number of carbonyl (C=O) groups excluding carboxylic acids is 1. The molecule has 1 atom stereocenters. The van der Waals surface area contributed by atoms with E-state index in [4.69, 9.17) is 0 Å². The Morgan fingerprint density at radius 1 is 1.62 bits per heavy atom. The molecule has 2 heterocycles. The fraction of sp³-hybridized carbons (Fsp3) is 0.889. The highest BCUT2D eigenvalue weighted by Gasteiger charge is 2.44. The number of nitrogens with one attached hydrogen (secondary N) is 2. The van der Waals surface area contributed by atoms with Gasteiger partial charge in [-0.1, -0.05) is 6.92 Å². The first kappa shape index (κ1) is 8.97. The highest BCUT2D eigenvalue weighted by atomic mass is 16.2. The van der Waals surface area contributed by atoms with Crippen LogP contribution < -0.4 is 10.6 Å². The zero-order valence-corrected chi connectivity index (χ0v) is 8.10. The van der Waals surface area contributed by atoms with Crippen molar-refractivity contribution in [3.05, 3.63) is 0 Å². The molecule has 4 nitrogen and oxygen atoms in total. The molecule has 2 rings (SSSR count). The van der Waals surface area contributed by atoms with E-state index in [0.717, 1.165) is 32.5 Å². The first-order valence-electron chi connectivity index (χ1n) is 5.04. The lowest BCUT2D eigenvalue weighted by molar-refractivity contribution is -0.119. The predicted octanol–water partition coefficient (Wildman–Crippen LogP) is -0.482. The summed E-state index contributed by atoms with van der Waals surface area (Å²) >= 11 is 0. The zero-order valence-electron chi connectivity index (χ0n) is 8.10. The monoisotopic (exact) mass is 183 g/mol. The second-order valence-corrected chi connectivity index (χ2v) is 3.87. The fourth-order valence-electron chi connectivity index (χ4n) is 2.38. The van der Waals surface area contributed by atoms with Gasteiger partial charge in [-0.05, 0) is 25.9 Å². The molecule has 0 saturated carbocycles. The third-order valence-corrected chi connectivity index (χ3v) is 3.05. The van der Waals surface area contributed by atoms with E-state index in [1.807, 2.05) is 0 Å². The summed E-state index contributed by atoms with van der Waals surface area (Å²) in [7, 11) is 0. The summed E-state index contributed by atoms with van der Waals surface area (Å²) in [4.78, 5) is 13.5. The number of carbonyl (C=O) groups is 1. The van der Waals surface area contributed by atoms with Crippen molar-refractivity contribution in [2.75, 3.05) is 26.2 Å². The number of piperidine rings is 1. The van der Waals surface area contributed by atoms with Gasteiger partial charge >= 0.3 is 0 Å². The highest BCUT2D eigenvalue weighted by Crippen LogP contribution is 2.24. The lowest BCUT2D eigenvalue weighted by Crippen LogP contribution is -2.60. The Labute approximate surface area is 78.7 Å². The van der Waals surface area contributed by atoms with Gasteiger partial charge in [-0.2, -0.15) is 0 Å². The maximum atomic E-state index is 11.3. The summed E-state index contributed by atoms with van der Waals surface area (Å²) in [5.41, 5.74) is -0.0654. The third kappa shape index (κ3) is 1.44. The Morgan fingerprint density at radius 2 is 2.46 bits per heavy atom. The predicted molar refractivity (Wildman–Crippen MR) is 50.2 cm³/mol. The molecule has 1 unspecified atom stereocenters. The molecule has 1 amide bonds. The van der Waals surface area contributed by atoms with Gasteiger partial charge in [-0.15, -0.1) is 0 Å². The van der Waals surface area contributed by atoms with Crippen molar-refractivity contribution in [2.24, 2.45) is 0 Å². The molecule has 2 saturated heterocycles. The average molecular weight is 183 g/mol.